The number of hydrazine groups is 2. The molecule has 2 fully saturated rings. The molecule has 0 radical (unpaired) electrons. The van der Waals surface area contributed by atoms with E-state index < -0.39 is 0 Å². The monoisotopic (exact) mass is 183 g/mol. The Kier molecular flexibility index (Phi) is 2.13. The first kappa shape index (κ1) is 9.44. The van der Waals surface area contributed by atoms with Gasteiger partial charge in [0.05, 0.1) is 5.54 Å². The van der Waals surface area contributed by atoms with Crippen LogP contribution in [0.5, 0.6) is 0 Å². The predicted octanol–water partition coefficient (Wildman–Crippen LogP) is 1.13. The largest absolute Gasteiger partial charge is 0.239 e. The summed E-state index contributed by atoms with van der Waals surface area (Å²) in [7, 11) is 2.14. The Labute approximate surface area is 80.8 Å². The van der Waals surface area contributed by atoms with Crippen LogP contribution in [0.2, 0.25) is 0 Å². The topological polar surface area (TPSA) is 27.3 Å². The molecule has 4 unspecified atom stereocenters. The summed E-state index contributed by atoms with van der Waals surface area (Å²) >= 11 is 0. The van der Waals surface area contributed by atoms with Gasteiger partial charge in [-0.3, -0.25) is 0 Å². The molecular formula is C10H21N3. The van der Waals surface area contributed by atoms with Gasteiger partial charge in [0.1, 0.15) is 0 Å². The molecule has 0 spiro atoms. The third-order valence-electron chi connectivity index (χ3n) is 3.93. The Morgan fingerprint density at radius 3 is 2.77 bits per heavy atom. The highest BCUT2D eigenvalue weighted by molar-refractivity contribution is 5.04. The van der Waals surface area contributed by atoms with E-state index in [0.717, 1.165) is 11.8 Å². The van der Waals surface area contributed by atoms with Crippen molar-refractivity contribution in [1.82, 2.24) is 16.0 Å². The van der Waals surface area contributed by atoms with Crippen molar-refractivity contribution in [3.05, 3.63) is 0 Å². The maximum atomic E-state index is 3.40. The van der Waals surface area contributed by atoms with Gasteiger partial charge < -0.3 is 0 Å². The van der Waals surface area contributed by atoms with Crippen LogP contribution in [0.3, 0.4) is 0 Å². The highest BCUT2D eigenvalue weighted by Gasteiger charge is 2.49. The Hall–Kier alpha value is -0.120. The smallest absolute Gasteiger partial charge is 0.0508 e. The Balaban J connectivity index is 2.22. The van der Waals surface area contributed by atoms with E-state index in [1.165, 1.54) is 12.8 Å². The summed E-state index contributed by atoms with van der Waals surface area (Å²) in [6.45, 7) is 7.08. The molecule has 4 atom stereocenters. The van der Waals surface area contributed by atoms with Crippen LogP contribution in [0.4, 0.5) is 0 Å². The van der Waals surface area contributed by atoms with Gasteiger partial charge in [-0.05, 0) is 31.6 Å². The lowest BCUT2D eigenvalue weighted by atomic mass is 9.69. The van der Waals surface area contributed by atoms with Crippen LogP contribution in [0.1, 0.15) is 33.6 Å². The van der Waals surface area contributed by atoms with Crippen molar-refractivity contribution < 1.29 is 0 Å². The lowest BCUT2D eigenvalue weighted by Gasteiger charge is -2.44. The van der Waals surface area contributed by atoms with Crippen molar-refractivity contribution in [2.45, 2.75) is 45.2 Å². The van der Waals surface area contributed by atoms with Crippen molar-refractivity contribution in [1.29, 1.82) is 0 Å². The third-order valence-corrected chi connectivity index (χ3v) is 3.93. The first-order valence-corrected chi connectivity index (χ1v) is 5.29. The molecule has 1 aliphatic heterocycles. The quantitative estimate of drug-likeness (QED) is 0.589. The summed E-state index contributed by atoms with van der Waals surface area (Å²) in [5.74, 6) is 1.62. The van der Waals surface area contributed by atoms with E-state index in [2.05, 4.69) is 43.8 Å². The van der Waals surface area contributed by atoms with Crippen LogP contribution in [0.15, 0.2) is 0 Å². The maximum absolute atomic E-state index is 3.40. The zero-order valence-electron chi connectivity index (χ0n) is 9.09. The van der Waals surface area contributed by atoms with Crippen molar-refractivity contribution in [3.63, 3.8) is 0 Å². The molecule has 0 aromatic rings. The average molecular weight is 183 g/mol. The summed E-state index contributed by atoms with van der Waals surface area (Å²) in [4.78, 5) is 0. The lowest BCUT2D eigenvalue weighted by molar-refractivity contribution is 0.0603. The van der Waals surface area contributed by atoms with Crippen LogP contribution >= 0.6 is 0 Å². The molecule has 2 N–H and O–H groups in total. The van der Waals surface area contributed by atoms with E-state index >= 15 is 0 Å². The van der Waals surface area contributed by atoms with Crippen LogP contribution in [0.25, 0.3) is 0 Å². The van der Waals surface area contributed by atoms with E-state index in [0.29, 0.717) is 11.6 Å². The van der Waals surface area contributed by atoms with Gasteiger partial charge >= 0.3 is 0 Å². The van der Waals surface area contributed by atoms with Gasteiger partial charge in [0.2, 0.25) is 0 Å². The summed E-state index contributed by atoms with van der Waals surface area (Å²) in [5, 5.41) is 2.24. The number of hydrogen-bond acceptors (Lipinski definition) is 3. The number of nitrogens with one attached hydrogen (secondary N) is 2. The molecule has 1 saturated heterocycles. The average Bonchev–Trinajstić information content (AvgIpc) is 2.27. The second-order valence-electron chi connectivity index (χ2n) is 5.17. The summed E-state index contributed by atoms with van der Waals surface area (Å²) < 4.78 is 0. The predicted molar refractivity (Wildman–Crippen MR) is 53.8 cm³/mol. The zero-order chi connectivity index (χ0) is 9.64. The number of hydrogen-bond donors (Lipinski definition) is 2. The molecule has 0 amide bonds. The van der Waals surface area contributed by atoms with E-state index in [1.54, 1.807) is 0 Å². The zero-order valence-corrected chi connectivity index (χ0v) is 9.09. The molecule has 0 bridgehead atoms. The molecule has 76 valence electrons. The number of fused-ring (bicyclic) bond motifs is 1. The van der Waals surface area contributed by atoms with Gasteiger partial charge in [-0.1, -0.05) is 13.8 Å². The molecule has 0 aromatic heterocycles. The summed E-state index contributed by atoms with van der Waals surface area (Å²) in [6.07, 6.45) is 2.64. The minimum Gasteiger partial charge on any atom is -0.239 e. The van der Waals surface area contributed by atoms with Crippen LogP contribution in [-0.4, -0.2) is 23.6 Å². The second-order valence-corrected chi connectivity index (χ2v) is 5.17. The fraction of sp³-hybridized carbons (Fsp3) is 1.00. The molecule has 1 aliphatic carbocycles. The lowest BCUT2D eigenvalue weighted by Crippen LogP contribution is -2.54. The third kappa shape index (κ3) is 1.30. The van der Waals surface area contributed by atoms with Crippen LogP contribution in [0, 0.1) is 11.8 Å². The van der Waals surface area contributed by atoms with E-state index in [-0.39, 0.29) is 0 Å². The van der Waals surface area contributed by atoms with Gasteiger partial charge in [-0.25, -0.2) is 10.4 Å². The fourth-order valence-electron chi connectivity index (χ4n) is 3.24. The molecule has 1 heterocycles. The van der Waals surface area contributed by atoms with Gasteiger partial charge in [0.15, 0.2) is 0 Å². The van der Waals surface area contributed by atoms with Crippen molar-refractivity contribution in [2.24, 2.45) is 11.8 Å². The summed E-state index contributed by atoms with van der Waals surface area (Å²) in [5.41, 5.74) is 6.93. The molecule has 0 aromatic carbocycles. The minimum atomic E-state index is 0.303. The molecule has 2 rings (SSSR count). The van der Waals surface area contributed by atoms with E-state index in [4.69, 9.17) is 0 Å². The van der Waals surface area contributed by atoms with Crippen molar-refractivity contribution in [3.8, 4) is 0 Å². The maximum Gasteiger partial charge on any atom is 0.0508 e. The molecule has 1 saturated carbocycles. The highest BCUT2D eigenvalue weighted by atomic mass is 15.7. The Morgan fingerprint density at radius 2 is 2.08 bits per heavy atom. The van der Waals surface area contributed by atoms with E-state index in [9.17, 15) is 0 Å². The first-order chi connectivity index (χ1) is 6.04. The molecule has 13 heavy (non-hydrogen) atoms. The molecule has 2 aliphatic rings. The molecule has 3 nitrogen and oxygen atoms in total. The van der Waals surface area contributed by atoms with Crippen molar-refractivity contribution >= 4 is 0 Å². The highest BCUT2D eigenvalue weighted by Crippen LogP contribution is 2.40. The number of rotatable bonds is 0. The Morgan fingerprint density at radius 1 is 1.38 bits per heavy atom. The van der Waals surface area contributed by atoms with Gasteiger partial charge in [0.25, 0.3) is 0 Å². The molecular weight excluding hydrogens is 162 g/mol. The Bertz CT molecular complexity index is 206. The minimum absolute atomic E-state index is 0.303. The SMILES string of the molecule is CC1CC(C)C2NNN(C)C2(C)C1. The second kappa shape index (κ2) is 2.94. The van der Waals surface area contributed by atoms with Gasteiger partial charge in [0, 0.05) is 13.1 Å². The fourth-order valence-corrected chi connectivity index (χ4v) is 3.24. The van der Waals surface area contributed by atoms with Crippen LogP contribution < -0.4 is 11.0 Å². The van der Waals surface area contributed by atoms with Gasteiger partial charge in [-0.15, -0.1) is 0 Å². The standard InChI is InChI=1S/C10H21N3/c1-7-5-8(2)9-10(3,6-7)13(4)12-11-9/h7-9,11-12H,5-6H2,1-4H3. The molecule has 3 heteroatoms. The van der Waals surface area contributed by atoms with Crippen molar-refractivity contribution in [2.75, 3.05) is 7.05 Å². The summed E-state index contributed by atoms with van der Waals surface area (Å²) in [6, 6.07) is 0.605. The van der Waals surface area contributed by atoms with Gasteiger partial charge in [-0.2, -0.15) is 5.53 Å². The number of likely N-dealkylation sites (N-methyl/N-ethyl adjacent to an activating group) is 1. The first-order valence-electron chi connectivity index (χ1n) is 5.29. The number of nitrogens with zero attached hydrogens (tertiary/aromatic N) is 1. The normalized spacial score (nSPS) is 52.2. The van der Waals surface area contributed by atoms with E-state index in [1.807, 2.05) is 0 Å². The van der Waals surface area contributed by atoms with Crippen LogP contribution in [-0.2, 0) is 0 Å².